The van der Waals surface area contributed by atoms with Crippen LogP contribution in [0.4, 0.5) is 0 Å². The predicted molar refractivity (Wildman–Crippen MR) is 80.7 cm³/mol. The largest absolute Gasteiger partial charge is 0.619 e. The molecular weight excluding hydrogens is 284 g/mol. The number of hydrogen-bond donors (Lipinski definition) is 3. The molecule has 1 aliphatic carbocycles. The van der Waals surface area contributed by atoms with Crippen LogP contribution in [0.15, 0.2) is 24.5 Å². The third-order valence-corrected chi connectivity index (χ3v) is 3.86. The van der Waals surface area contributed by atoms with Gasteiger partial charge in [0.05, 0.1) is 5.56 Å². The number of nitrogens with one attached hydrogen (secondary N) is 2. The summed E-state index contributed by atoms with van der Waals surface area (Å²) in [6.45, 7) is 0.359. The van der Waals surface area contributed by atoms with Crippen LogP contribution in [0.25, 0.3) is 0 Å². The van der Waals surface area contributed by atoms with Gasteiger partial charge in [-0.3, -0.25) is 9.59 Å². The van der Waals surface area contributed by atoms with Crippen molar-refractivity contribution in [1.82, 2.24) is 10.6 Å². The standard InChI is InChI=1S/C15H22N4O3/c16-8-5-14(20)17-12-1-3-13(4-2-12)18-15(21)11-6-9-19(22)10-7-11/h6-7,9-10,12-13H,1-5,8,16H2,(H,17,20)(H,18,21). The first-order chi connectivity index (χ1) is 10.6. The maximum absolute atomic E-state index is 12.1. The van der Waals surface area contributed by atoms with E-state index in [0.717, 1.165) is 25.7 Å². The molecular formula is C15H22N4O3. The number of hydrogen-bond acceptors (Lipinski definition) is 4. The molecule has 1 aliphatic rings. The molecule has 120 valence electrons. The van der Waals surface area contributed by atoms with Crippen molar-refractivity contribution in [2.24, 2.45) is 5.73 Å². The van der Waals surface area contributed by atoms with E-state index in [2.05, 4.69) is 10.6 Å². The molecule has 0 saturated heterocycles. The zero-order chi connectivity index (χ0) is 15.9. The van der Waals surface area contributed by atoms with E-state index in [1.165, 1.54) is 24.5 Å². The lowest BCUT2D eigenvalue weighted by atomic mass is 9.91. The van der Waals surface area contributed by atoms with Gasteiger partial charge in [0.2, 0.25) is 5.91 Å². The molecule has 0 aliphatic heterocycles. The van der Waals surface area contributed by atoms with Crippen molar-refractivity contribution in [1.29, 1.82) is 0 Å². The number of rotatable bonds is 5. The van der Waals surface area contributed by atoms with Gasteiger partial charge >= 0.3 is 0 Å². The molecule has 1 aromatic rings. The zero-order valence-corrected chi connectivity index (χ0v) is 12.5. The van der Waals surface area contributed by atoms with Crippen LogP contribution in [0.1, 0.15) is 42.5 Å². The van der Waals surface area contributed by atoms with E-state index in [9.17, 15) is 14.8 Å². The molecule has 0 atom stereocenters. The average Bonchev–Trinajstić information content (AvgIpc) is 2.50. The molecule has 1 saturated carbocycles. The zero-order valence-electron chi connectivity index (χ0n) is 12.5. The van der Waals surface area contributed by atoms with Crippen LogP contribution in [0, 0.1) is 5.21 Å². The fourth-order valence-corrected chi connectivity index (χ4v) is 2.65. The van der Waals surface area contributed by atoms with Crippen LogP contribution in [0.3, 0.4) is 0 Å². The second-order valence-electron chi connectivity index (χ2n) is 5.57. The van der Waals surface area contributed by atoms with Crippen molar-refractivity contribution in [2.45, 2.75) is 44.2 Å². The second kappa shape index (κ2) is 7.74. The molecule has 0 spiro atoms. The van der Waals surface area contributed by atoms with Gasteiger partial charge in [0.15, 0.2) is 12.4 Å². The summed E-state index contributed by atoms with van der Waals surface area (Å²) in [6.07, 6.45) is 6.30. The number of amides is 2. The van der Waals surface area contributed by atoms with E-state index in [-0.39, 0.29) is 23.9 Å². The summed E-state index contributed by atoms with van der Waals surface area (Å²) in [7, 11) is 0. The Labute approximate surface area is 129 Å². The highest BCUT2D eigenvalue weighted by atomic mass is 16.5. The minimum atomic E-state index is -0.170. The van der Waals surface area contributed by atoms with Gasteiger partial charge in [0, 0.05) is 37.2 Å². The number of aromatic nitrogens is 1. The molecule has 0 radical (unpaired) electrons. The molecule has 0 bridgehead atoms. The number of nitrogens with two attached hydrogens (primary N) is 1. The van der Waals surface area contributed by atoms with Gasteiger partial charge in [-0.05, 0) is 25.7 Å². The van der Waals surface area contributed by atoms with Gasteiger partial charge in [0.1, 0.15) is 0 Å². The third-order valence-electron chi connectivity index (χ3n) is 3.86. The predicted octanol–water partition coefficient (Wildman–Crippen LogP) is -0.174. The molecule has 1 heterocycles. The maximum atomic E-state index is 12.1. The molecule has 2 rings (SSSR count). The monoisotopic (exact) mass is 306 g/mol. The summed E-state index contributed by atoms with van der Waals surface area (Å²) in [5.41, 5.74) is 5.82. The van der Waals surface area contributed by atoms with E-state index in [0.29, 0.717) is 23.3 Å². The van der Waals surface area contributed by atoms with Gasteiger partial charge in [-0.2, -0.15) is 4.73 Å². The summed E-state index contributed by atoms with van der Waals surface area (Å²) in [5.74, 6) is -0.179. The van der Waals surface area contributed by atoms with Crippen molar-refractivity contribution < 1.29 is 14.3 Å². The summed E-state index contributed by atoms with van der Waals surface area (Å²) < 4.78 is 0.645. The minimum absolute atomic E-state index is 0.00908. The summed E-state index contributed by atoms with van der Waals surface area (Å²) in [4.78, 5) is 23.6. The lowest BCUT2D eigenvalue weighted by Crippen LogP contribution is -2.44. The first kappa shape index (κ1) is 16.2. The second-order valence-corrected chi connectivity index (χ2v) is 5.57. The van der Waals surface area contributed by atoms with Crippen LogP contribution >= 0.6 is 0 Å². The SMILES string of the molecule is NCCC(=O)NC1CCC(NC(=O)c2cc[n+]([O-])cc2)CC1. The summed E-state index contributed by atoms with van der Waals surface area (Å²) in [6, 6.07) is 3.28. The highest BCUT2D eigenvalue weighted by Gasteiger charge is 2.23. The van der Waals surface area contributed by atoms with Gasteiger partial charge in [0.25, 0.3) is 5.91 Å². The lowest BCUT2D eigenvalue weighted by Gasteiger charge is -2.29. The average molecular weight is 306 g/mol. The van der Waals surface area contributed by atoms with Gasteiger partial charge in [-0.15, -0.1) is 0 Å². The van der Waals surface area contributed by atoms with E-state index < -0.39 is 0 Å². The first-order valence-corrected chi connectivity index (χ1v) is 7.57. The Morgan fingerprint density at radius 1 is 1.14 bits per heavy atom. The Balaban J connectivity index is 1.76. The van der Waals surface area contributed by atoms with Gasteiger partial charge < -0.3 is 21.6 Å². The van der Waals surface area contributed by atoms with Crippen molar-refractivity contribution in [2.75, 3.05) is 6.54 Å². The number of pyridine rings is 1. The van der Waals surface area contributed by atoms with Crippen LogP contribution in [0.5, 0.6) is 0 Å². The molecule has 1 fully saturated rings. The van der Waals surface area contributed by atoms with Gasteiger partial charge in [-0.25, -0.2) is 0 Å². The normalized spacial score (nSPS) is 21.1. The molecule has 0 unspecified atom stereocenters. The van der Waals surface area contributed by atoms with Crippen molar-refractivity contribution in [3.8, 4) is 0 Å². The van der Waals surface area contributed by atoms with Crippen LogP contribution < -0.4 is 21.1 Å². The molecule has 22 heavy (non-hydrogen) atoms. The van der Waals surface area contributed by atoms with Crippen molar-refractivity contribution in [3.05, 3.63) is 35.3 Å². The fraction of sp³-hybridized carbons (Fsp3) is 0.533. The maximum Gasteiger partial charge on any atom is 0.251 e. The van der Waals surface area contributed by atoms with Crippen molar-refractivity contribution >= 4 is 11.8 Å². The van der Waals surface area contributed by atoms with E-state index >= 15 is 0 Å². The summed E-state index contributed by atoms with van der Waals surface area (Å²) >= 11 is 0. The fourth-order valence-electron chi connectivity index (χ4n) is 2.65. The Morgan fingerprint density at radius 2 is 1.68 bits per heavy atom. The lowest BCUT2D eigenvalue weighted by molar-refractivity contribution is -0.605. The van der Waals surface area contributed by atoms with E-state index in [1.54, 1.807) is 0 Å². The van der Waals surface area contributed by atoms with E-state index in [1.807, 2.05) is 0 Å². The van der Waals surface area contributed by atoms with Crippen LogP contribution in [-0.2, 0) is 4.79 Å². The molecule has 7 heteroatoms. The first-order valence-electron chi connectivity index (χ1n) is 7.57. The molecule has 7 nitrogen and oxygen atoms in total. The summed E-state index contributed by atoms with van der Waals surface area (Å²) in [5, 5.41) is 16.9. The number of carbonyl (C=O) groups is 2. The molecule has 4 N–H and O–H groups in total. The Hall–Kier alpha value is -2.15. The molecule has 0 aromatic carbocycles. The Bertz CT molecular complexity index is 510. The highest BCUT2D eigenvalue weighted by molar-refractivity contribution is 5.94. The minimum Gasteiger partial charge on any atom is -0.619 e. The number of nitrogens with zero attached hydrogens (tertiary/aromatic N) is 1. The Kier molecular flexibility index (Phi) is 5.71. The van der Waals surface area contributed by atoms with Crippen LogP contribution in [-0.4, -0.2) is 30.4 Å². The molecule has 2 amide bonds. The molecule has 1 aromatic heterocycles. The highest BCUT2D eigenvalue weighted by Crippen LogP contribution is 2.19. The number of carbonyl (C=O) groups excluding carboxylic acids is 2. The van der Waals surface area contributed by atoms with Crippen molar-refractivity contribution in [3.63, 3.8) is 0 Å². The third kappa shape index (κ3) is 4.70. The van der Waals surface area contributed by atoms with Gasteiger partial charge in [-0.1, -0.05) is 0 Å². The smallest absolute Gasteiger partial charge is 0.251 e. The Morgan fingerprint density at radius 3 is 2.23 bits per heavy atom. The topological polar surface area (TPSA) is 111 Å². The quantitative estimate of drug-likeness (QED) is 0.518. The van der Waals surface area contributed by atoms with Crippen LogP contribution in [0.2, 0.25) is 0 Å². The van der Waals surface area contributed by atoms with E-state index in [4.69, 9.17) is 5.73 Å².